The Morgan fingerprint density at radius 1 is 0.952 bits per heavy atom. The molecule has 0 aromatic heterocycles. The summed E-state index contributed by atoms with van der Waals surface area (Å²) in [5.74, 6) is 0.336. The first kappa shape index (κ1) is 18.7. The van der Waals surface area contributed by atoms with E-state index in [1.807, 2.05) is 24.3 Å². The van der Waals surface area contributed by atoms with Gasteiger partial charge in [0, 0.05) is 5.39 Å². The van der Waals surface area contributed by atoms with Gasteiger partial charge in [-0.05, 0) is 36.8 Å². The molecule has 2 aromatic rings. The molecule has 2 rings (SSSR count). The third-order valence-electron chi connectivity index (χ3n) is 3.13. The number of rotatable bonds is 4. The standard InChI is InChI=1S/C16H20O3S.Na.H/c1-11(2)13-7-5-9-15-14(13)8-6-10-16(15)20(17,18)19-12(3)4;;/h5-12H,1-4H3;;/q;+1;-1. The minimum atomic E-state index is -3.73. The Hall–Kier alpha value is -0.390. The Morgan fingerprint density at radius 3 is 2.10 bits per heavy atom. The van der Waals surface area contributed by atoms with Crippen molar-refractivity contribution < 1.29 is 43.6 Å². The van der Waals surface area contributed by atoms with E-state index >= 15 is 0 Å². The van der Waals surface area contributed by atoms with Crippen LogP contribution in [-0.2, 0) is 14.3 Å². The SMILES string of the molecule is CC(C)OS(=O)(=O)c1cccc2c(C(C)C)cccc12.[H-].[Na+]. The minimum Gasteiger partial charge on any atom is -1.00 e. The van der Waals surface area contributed by atoms with Crippen molar-refractivity contribution in [2.45, 2.75) is 44.6 Å². The maximum absolute atomic E-state index is 12.3. The van der Waals surface area contributed by atoms with Gasteiger partial charge in [-0.2, -0.15) is 8.42 Å². The van der Waals surface area contributed by atoms with Gasteiger partial charge in [0.25, 0.3) is 10.1 Å². The molecule has 0 heterocycles. The summed E-state index contributed by atoms with van der Waals surface area (Å²) in [5.41, 5.74) is 1.14. The van der Waals surface area contributed by atoms with E-state index in [1.165, 1.54) is 0 Å². The second kappa shape index (κ2) is 7.25. The fourth-order valence-electron chi connectivity index (χ4n) is 2.33. The Labute approximate surface area is 150 Å². The fourth-order valence-corrected chi connectivity index (χ4v) is 3.64. The fraction of sp³-hybridized carbons (Fsp3) is 0.375. The zero-order valence-corrected chi connectivity index (χ0v) is 16.1. The summed E-state index contributed by atoms with van der Waals surface area (Å²) in [7, 11) is -3.73. The first-order valence-electron chi connectivity index (χ1n) is 6.78. The van der Waals surface area contributed by atoms with Gasteiger partial charge < -0.3 is 1.43 Å². The van der Waals surface area contributed by atoms with Gasteiger partial charge in [0.2, 0.25) is 0 Å². The van der Waals surface area contributed by atoms with Crippen molar-refractivity contribution in [2.75, 3.05) is 0 Å². The average Bonchev–Trinajstić information content (AvgIpc) is 2.35. The molecule has 2 aromatic carbocycles. The molecular formula is C16H21NaO3S. The van der Waals surface area contributed by atoms with Crippen LogP contribution in [0, 0.1) is 0 Å². The van der Waals surface area contributed by atoms with Crippen LogP contribution in [0.3, 0.4) is 0 Å². The van der Waals surface area contributed by atoms with E-state index in [-0.39, 0.29) is 42.0 Å². The molecule has 3 nitrogen and oxygen atoms in total. The van der Waals surface area contributed by atoms with Crippen LogP contribution in [0.1, 0.15) is 40.6 Å². The van der Waals surface area contributed by atoms with Crippen LogP contribution >= 0.6 is 0 Å². The normalized spacial score (nSPS) is 11.9. The van der Waals surface area contributed by atoms with Crippen LogP contribution in [0.25, 0.3) is 10.8 Å². The Balaban J connectivity index is 0.00000220. The van der Waals surface area contributed by atoms with Gasteiger partial charge >= 0.3 is 29.6 Å². The molecule has 0 saturated carbocycles. The van der Waals surface area contributed by atoms with Gasteiger partial charge in [-0.3, -0.25) is 4.18 Å². The maximum atomic E-state index is 12.3. The number of fused-ring (bicyclic) bond motifs is 1. The summed E-state index contributed by atoms with van der Waals surface area (Å²) in [6.45, 7) is 7.62. The number of benzene rings is 2. The van der Waals surface area contributed by atoms with E-state index in [1.54, 1.807) is 26.0 Å². The smallest absolute Gasteiger partial charge is 1.00 e. The average molecular weight is 316 g/mol. The molecule has 0 unspecified atom stereocenters. The summed E-state index contributed by atoms with van der Waals surface area (Å²) in [6.07, 6.45) is -0.372. The van der Waals surface area contributed by atoms with Crippen molar-refractivity contribution in [1.29, 1.82) is 0 Å². The van der Waals surface area contributed by atoms with E-state index in [0.29, 0.717) is 5.92 Å². The monoisotopic (exact) mass is 316 g/mol. The molecule has 0 N–H and O–H groups in total. The van der Waals surface area contributed by atoms with Crippen molar-refractivity contribution in [1.82, 2.24) is 0 Å². The Morgan fingerprint density at radius 2 is 1.52 bits per heavy atom. The van der Waals surface area contributed by atoms with Gasteiger partial charge in [-0.15, -0.1) is 0 Å². The predicted molar refractivity (Wildman–Crippen MR) is 82.6 cm³/mol. The van der Waals surface area contributed by atoms with Crippen LogP contribution in [0.5, 0.6) is 0 Å². The zero-order chi connectivity index (χ0) is 14.9. The first-order valence-corrected chi connectivity index (χ1v) is 8.18. The van der Waals surface area contributed by atoms with Crippen molar-refractivity contribution in [2.24, 2.45) is 0 Å². The van der Waals surface area contributed by atoms with Gasteiger partial charge in [0.05, 0.1) is 6.10 Å². The first-order chi connectivity index (χ1) is 9.33. The predicted octanol–water partition coefficient (Wildman–Crippen LogP) is 1.19. The summed E-state index contributed by atoms with van der Waals surface area (Å²) < 4.78 is 29.7. The Kier molecular flexibility index (Phi) is 6.44. The van der Waals surface area contributed by atoms with Crippen molar-refractivity contribution >= 4 is 20.9 Å². The van der Waals surface area contributed by atoms with Crippen LogP contribution in [0.2, 0.25) is 0 Å². The van der Waals surface area contributed by atoms with Gasteiger partial charge in [-0.1, -0.05) is 44.2 Å². The molecule has 5 heteroatoms. The number of hydrogen-bond acceptors (Lipinski definition) is 3. The molecule has 0 atom stereocenters. The van der Waals surface area contributed by atoms with E-state index in [2.05, 4.69) is 13.8 Å². The van der Waals surface area contributed by atoms with Crippen molar-refractivity contribution in [3.63, 3.8) is 0 Å². The quantitative estimate of drug-likeness (QED) is 0.629. The summed E-state index contributed by atoms with van der Waals surface area (Å²) >= 11 is 0. The zero-order valence-electron chi connectivity index (χ0n) is 14.3. The molecule has 110 valence electrons. The second-order valence-corrected chi connectivity index (χ2v) is 6.99. The molecule has 21 heavy (non-hydrogen) atoms. The van der Waals surface area contributed by atoms with Crippen LogP contribution in [0.15, 0.2) is 41.3 Å². The van der Waals surface area contributed by atoms with E-state index < -0.39 is 10.1 Å². The van der Waals surface area contributed by atoms with Crippen LogP contribution in [-0.4, -0.2) is 14.5 Å². The molecular weight excluding hydrogens is 295 g/mol. The van der Waals surface area contributed by atoms with Crippen LogP contribution in [0.4, 0.5) is 0 Å². The Bertz CT molecular complexity index is 727. The van der Waals surface area contributed by atoms with Crippen molar-refractivity contribution in [3.05, 3.63) is 42.0 Å². The van der Waals surface area contributed by atoms with Crippen LogP contribution < -0.4 is 29.6 Å². The van der Waals surface area contributed by atoms with E-state index in [0.717, 1.165) is 16.3 Å². The molecule has 0 saturated heterocycles. The third-order valence-corrected chi connectivity index (χ3v) is 4.66. The van der Waals surface area contributed by atoms with Gasteiger partial charge in [0.1, 0.15) is 4.90 Å². The summed E-state index contributed by atoms with van der Waals surface area (Å²) in [4.78, 5) is 0.242. The van der Waals surface area contributed by atoms with E-state index in [4.69, 9.17) is 4.18 Å². The molecule has 0 amide bonds. The number of hydrogen-bond donors (Lipinski definition) is 0. The second-order valence-electron chi connectivity index (χ2n) is 5.45. The largest absolute Gasteiger partial charge is 1.00 e. The van der Waals surface area contributed by atoms with Gasteiger partial charge in [-0.25, -0.2) is 0 Å². The maximum Gasteiger partial charge on any atom is 1.00 e. The third kappa shape index (κ3) is 4.08. The van der Waals surface area contributed by atoms with E-state index in [9.17, 15) is 8.42 Å². The molecule has 0 spiro atoms. The molecule has 0 bridgehead atoms. The molecule has 0 aliphatic heterocycles. The van der Waals surface area contributed by atoms with Gasteiger partial charge in [0.15, 0.2) is 0 Å². The molecule has 0 aliphatic carbocycles. The molecule has 0 radical (unpaired) electrons. The molecule has 0 fully saturated rings. The summed E-state index contributed by atoms with van der Waals surface area (Å²) in [5, 5.41) is 1.69. The summed E-state index contributed by atoms with van der Waals surface area (Å²) in [6, 6.07) is 11.1. The van der Waals surface area contributed by atoms with Crippen molar-refractivity contribution in [3.8, 4) is 0 Å². The minimum absolute atomic E-state index is 0. The molecule has 0 aliphatic rings. The topological polar surface area (TPSA) is 43.4 Å².